The molecule has 0 spiro atoms. The molecule has 0 unspecified atom stereocenters. The third kappa shape index (κ3) is 7.60. The fourth-order valence-corrected chi connectivity index (χ4v) is 6.12. The molecule has 3 aromatic rings. The van der Waals surface area contributed by atoms with Crippen LogP contribution >= 0.6 is 34.8 Å². The molecule has 0 radical (unpaired) electrons. The van der Waals surface area contributed by atoms with Crippen molar-refractivity contribution in [3.8, 4) is 11.5 Å². The summed E-state index contributed by atoms with van der Waals surface area (Å²) in [5.41, 5.74) is 2.72. The van der Waals surface area contributed by atoms with Crippen molar-refractivity contribution in [1.82, 2.24) is 10.2 Å². The van der Waals surface area contributed by atoms with Crippen LogP contribution in [-0.2, 0) is 17.5 Å². The van der Waals surface area contributed by atoms with Crippen molar-refractivity contribution in [1.29, 1.82) is 0 Å². The molecular formula is C32H30Cl3F3N2O3. The number of nitrogens with zero attached hydrogens (tertiary/aromatic N) is 1. The van der Waals surface area contributed by atoms with E-state index in [1.54, 1.807) is 23.1 Å². The summed E-state index contributed by atoms with van der Waals surface area (Å²) in [5, 5.41) is 3.78. The summed E-state index contributed by atoms with van der Waals surface area (Å²) in [5.74, 6) is 0.859. The molecule has 43 heavy (non-hydrogen) atoms. The van der Waals surface area contributed by atoms with Gasteiger partial charge in [-0.2, -0.15) is 13.2 Å². The molecule has 11 heteroatoms. The molecular weight excluding hydrogens is 624 g/mol. The molecule has 1 heterocycles. The minimum absolute atomic E-state index is 0.0108. The zero-order valence-corrected chi connectivity index (χ0v) is 25.6. The fourth-order valence-electron chi connectivity index (χ4n) is 5.12. The van der Waals surface area contributed by atoms with E-state index in [9.17, 15) is 18.0 Å². The van der Waals surface area contributed by atoms with Crippen molar-refractivity contribution in [3.05, 3.63) is 97.5 Å². The summed E-state index contributed by atoms with van der Waals surface area (Å²) < 4.78 is 51.9. The first-order valence-corrected chi connectivity index (χ1v) is 15.1. The summed E-state index contributed by atoms with van der Waals surface area (Å²) in [4.78, 5) is 15.6. The van der Waals surface area contributed by atoms with Gasteiger partial charge in [0.25, 0.3) is 5.91 Å². The number of carbonyl (C=O) groups is 1. The van der Waals surface area contributed by atoms with Crippen LogP contribution < -0.4 is 14.8 Å². The lowest BCUT2D eigenvalue weighted by atomic mass is 9.93. The zero-order chi connectivity index (χ0) is 30.7. The number of ether oxygens (including phenoxy) is 2. The van der Waals surface area contributed by atoms with Gasteiger partial charge in [-0.1, -0.05) is 59.1 Å². The van der Waals surface area contributed by atoms with Gasteiger partial charge in [0.05, 0.1) is 20.6 Å². The normalized spacial score (nSPS) is 15.4. The standard InChI is InChI=1S/C32H30Cl3F3N2O3/c1-19-15-27(33)30(28(34)16-19)43-14-13-42-23-9-5-20(6-10-23)24-11-12-39-17-25(24)31(41)40(22-7-8-22)18-21-3-2-4-26(29(21)35)32(36,37)38/h2-6,9-10,15-16,22,39H,7-8,11-14,17-18H2,1H3. The van der Waals surface area contributed by atoms with E-state index in [4.69, 9.17) is 44.3 Å². The maximum Gasteiger partial charge on any atom is 0.417 e. The topological polar surface area (TPSA) is 50.8 Å². The van der Waals surface area contributed by atoms with Crippen LogP contribution in [0.3, 0.4) is 0 Å². The summed E-state index contributed by atoms with van der Waals surface area (Å²) in [6.07, 6.45) is -2.33. The number of hydrogen-bond donors (Lipinski definition) is 1. The van der Waals surface area contributed by atoms with Crippen molar-refractivity contribution < 1.29 is 27.4 Å². The third-order valence-electron chi connectivity index (χ3n) is 7.39. The van der Waals surface area contributed by atoms with Crippen LogP contribution in [-0.4, -0.2) is 43.2 Å². The van der Waals surface area contributed by atoms with Crippen LogP contribution in [0, 0.1) is 6.92 Å². The number of halogens is 6. The Bertz CT molecular complexity index is 1500. The van der Waals surface area contributed by atoms with E-state index in [2.05, 4.69) is 5.32 Å². The van der Waals surface area contributed by atoms with Crippen molar-refractivity contribution in [2.24, 2.45) is 0 Å². The first-order valence-electron chi connectivity index (χ1n) is 13.9. The average molecular weight is 654 g/mol. The zero-order valence-electron chi connectivity index (χ0n) is 23.4. The number of alkyl halides is 3. The van der Waals surface area contributed by atoms with Gasteiger partial charge in [-0.15, -0.1) is 0 Å². The van der Waals surface area contributed by atoms with Gasteiger partial charge in [-0.05, 0) is 85.3 Å². The molecule has 0 saturated heterocycles. The molecule has 228 valence electrons. The average Bonchev–Trinajstić information content (AvgIpc) is 3.81. The first kappa shape index (κ1) is 31.5. The molecule has 1 fully saturated rings. The fraction of sp³-hybridized carbons (Fsp3) is 0.344. The molecule has 2 aliphatic rings. The van der Waals surface area contributed by atoms with Gasteiger partial charge in [-0.3, -0.25) is 4.79 Å². The maximum absolute atomic E-state index is 13.9. The summed E-state index contributed by atoms with van der Waals surface area (Å²) in [6.45, 7) is 3.49. The highest BCUT2D eigenvalue weighted by Crippen LogP contribution is 2.39. The maximum atomic E-state index is 13.9. The lowest BCUT2D eigenvalue weighted by Crippen LogP contribution is -2.39. The molecule has 5 nitrogen and oxygen atoms in total. The van der Waals surface area contributed by atoms with Gasteiger partial charge in [0.15, 0.2) is 5.75 Å². The van der Waals surface area contributed by atoms with Gasteiger partial charge in [0, 0.05) is 24.7 Å². The van der Waals surface area contributed by atoms with Gasteiger partial charge >= 0.3 is 6.18 Å². The number of hydrogen-bond acceptors (Lipinski definition) is 4. The second-order valence-electron chi connectivity index (χ2n) is 10.6. The Hall–Kier alpha value is -2.91. The summed E-state index contributed by atoms with van der Waals surface area (Å²) >= 11 is 18.6. The van der Waals surface area contributed by atoms with E-state index in [-0.39, 0.29) is 42.3 Å². The van der Waals surface area contributed by atoms with E-state index in [0.29, 0.717) is 46.6 Å². The highest BCUT2D eigenvalue weighted by Gasteiger charge is 2.38. The summed E-state index contributed by atoms with van der Waals surface area (Å²) in [7, 11) is 0. The van der Waals surface area contributed by atoms with Crippen LogP contribution in [0.4, 0.5) is 13.2 Å². The second-order valence-corrected chi connectivity index (χ2v) is 11.8. The van der Waals surface area contributed by atoms with E-state index < -0.39 is 11.7 Å². The molecule has 3 aromatic carbocycles. The highest BCUT2D eigenvalue weighted by molar-refractivity contribution is 6.37. The molecule has 1 amide bonds. The number of aryl methyl sites for hydroxylation is 1. The monoisotopic (exact) mass is 652 g/mol. The molecule has 5 rings (SSSR count). The molecule has 0 aromatic heterocycles. The number of benzene rings is 3. The van der Waals surface area contributed by atoms with Gasteiger partial charge in [0.2, 0.25) is 0 Å². The Morgan fingerprint density at radius 1 is 1.00 bits per heavy atom. The Morgan fingerprint density at radius 2 is 1.67 bits per heavy atom. The van der Waals surface area contributed by atoms with E-state index in [0.717, 1.165) is 35.6 Å². The van der Waals surface area contributed by atoms with E-state index in [1.165, 1.54) is 6.07 Å². The minimum Gasteiger partial charge on any atom is -0.490 e. The molecule has 0 atom stereocenters. The Morgan fingerprint density at radius 3 is 2.33 bits per heavy atom. The van der Waals surface area contributed by atoms with Crippen LogP contribution in [0.25, 0.3) is 5.57 Å². The Balaban J connectivity index is 1.28. The lowest BCUT2D eigenvalue weighted by molar-refractivity contribution is -0.137. The highest BCUT2D eigenvalue weighted by atomic mass is 35.5. The Labute approximate surface area is 263 Å². The lowest BCUT2D eigenvalue weighted by Gasteiger charge is -2.29. The number of nitrogens with one attached hydrogen (secondary N) is 1. The summed E-state index contributed by atoms with van der Waals surface area (Å²) in [6, 6.07) is 14.8. The minimum atomic E-state index is -4.57. The largest absolute Gasteiger partial charge is 0.490 e. The van der Waals surface area contributed by atoms with Crippen molar-refractivity contribution in [2.75, 3.05) is 26.3 Å². The number of amides is 1. The third-order valence-corrected chi connectivity index (χ3v) is 8.40. The van der Waals surface area contributed by atoms with Crippen LogP contribution in [0.5, 0.6) is 11.5 Å². The molecule has 1 aliphatic heterocycles. The Kier molecular flexibility index (Phi) is 9.81. The van der Waals surface area contributed by atoms with Crippen molar-refractivity contribution >= 4 is 46.3 Å². The van der Waals surface area contributed by atoms with Crippen LogP contribution in [0.1, 0.15) is 41.5 Å². The van der Waals surface area contributed by atoms with Crippen LogP contribution in [0.15, 0.2) is 60.2 Å². The number of carbonyl (C=O) groups excluding carboxylic acids is 1. The van der Waals surface area contributed by atoms with Crippen molar-refractivity contribution in [3.63, 3.8) is 0 Å². The van der Waals surface area contributed by atoms with E-state index in [1.807, 2.05) is 31.2 Å². The SMILES string of the molecule is Cc1cc(Cl)c(OCCOc2ccc(C3=C(C(=O)N(Cc4cccc(C(F)(F)F)c4Cl)C4CC4)CNCC3)cc2)c(Cl)c1. The van der Waals surface area contributed by atoms with Gasteiger partial charge in [-0.25, -0.2) is 0 Å². The van der Waals surface area contributed by atoms with Gasteiger partial charge < -0.3 is 19.7 Å². The predicted molar refractivity (Wildman–Crippen MR) is 163 cm³/mol. The second kappa shape index (κ2) is 13.4. The predicted octanol–water partition coefficient (Wildman–Crippen LogP) is 8.37. The van der Waals surface area contributed by atoms with Gasteiger partial charge in [0.1, 0.15) is 19.0 Å². The molecule has 0 bridgehead atoms. The number of rotatable bonds is 10. The smallest absolute Gasteiger partial charge is 0.417 e. The van der Waals surface area contributed by atoms with E-state index >= 15 is 0 Å². The molecule has 1 aliphatic carbocycles. The molecule has 1 N–H and O–H groups in total. The first-order chi connectivity index (χ1) is 20.5. The van der Waals surface area contributed by atoms with Crippen molar-refractivity contribution in [2.45, 2.75) is 44.9 Å². The van der Waals surface area contributed by atoms with Crippen LogP contribution in [0.2, 0.25) is 15.1 Å². The molecule has 1 saturated carbocycles. The quantitative estimate of drug-likeness (QED) is 0.224.